The van der Waals surface area contributed by atoms with Crippen molar-refractivity contribution in [2.75, 3.05) is 0 Å². The van der Waals surface area contributed by atoms with Crippen LogP contribution in [-0.2, 0) is 13.5 Å². The van der Waals surface area contributed by atoms with E-state index in [9.17, 15) is 4.39 Å². The highest BCUT2D eigenvalue weighted by molar-refractivity contribution is 6.31. The molecule has 1 unspecified atom stereocenters. The van der Waals surface area contributed by atoms with E-state index in [-0.39, 0.29) is 11.9 Å². The number of hydrogen-bond acceptors (Lipinski definition) is 3. The molecular weight excluding hydrogens is 279 g/mol. The van der Waals surface area contributed by atoms with Gasteiger partial charge in [-0.05, 0) is 31.0 Å². The van der Waals surface area contributed by atoms with Gasteiger partial charge in [-0.3, -0.25) is 16.0 Å². The zero-order valence-corrected chi connectivity index (χ0v) is 12.5. The van der Waals surface area contributed by atoms with Gasteiger partial charge >= 0.3 is 0 Å². The lowest BCUT2D eigenvalue weighted by atomic mass is 10.0. The Morgan fingerprint density at radius 2 is 2.15 bits per heavy atom. The van der Waals surface area contributed by atoms with Gasteiger partial charge in [-0.1, -0.05) is 23.7 Å². The van der Waals surface area contributed by atoms with E-state index in [0.29, 0.717) is 17.0 Å². The van der Waals surface area contributed by atoms with Crippen molar-refractivity contribution in [2.45, 2.75) is 26.3 Å². The second kappa shape index (κ2) is 5.91. The molecule has 0 aliphatic rings. The number of rotatable bonds is 4. The first kappa shape index (κ1) is 15.0. The van der Waals surface area contributed by atoms with E-state index >= 15 is 0 Å². The summed E-state index contributed by atoms with van der Waals surface area (Å²) < 4.78 is 15.1. The second-order valence-corrected chi connectivity index (χ2v) is 5.28. The zero-order valence-electron chi connectivity index (χ0n) is 11.7. The molecule has 1 atom stereocenters. The minimum absolute atomic E-state index is 0.151. The molecule has 1 heterocycles. The Hall–Kier alpha value is -1.43. The Labute approximate surface area is 122 Å². The number of aryl methyl sites for hydroxylation is 3. The molecule has 0 saturated carbocycles. The molecule has 0 aliphatic heterocycles. The lowest BCUT2D eigenvalue weighted by Gasteiger charge is -2.17. The summed E-state index contributed by atoms with van der Waals surface area (Å²) in [5.74, 6) is 5.41. The minimum atomic E-state index is -0.223. The van der Waals surface area contributed by atoms with Gasteiger partial charge in [-0.25, -0.2) is 4.39 Å². The maximum absolute atomic E-state index is 13.3. The maximum atomic E-state index is 13.3. The summed E-state index contributed by atoms with van der Waals surface area (Å²) in [6, 6.07) is 4.81. The molecule has 1 aromatic carbocycles. The fourth-order valence-electron chi connectivity index (χ4n) is 2.25. The number of nitrogens with zero attached hydrogens (tertiary/aromatic N) is 2. The van der Waals surface area contributed by atoms with Gasteiger partial charge in [0.15, 0.2) is 0 Å². The summed E-state index contributed by atoms with van der Waals surface area (Å²) in [5, 5.41) is 4.92. The van der Waals surface area contributed by atoms with Gasteiger partial charge in [0.25, 0.3) is 0 Å². The number of benzene rings is 1. The summed E-state index contributed by atoms with van der Waals surface area (Å²) in [6.07, 6.45) is 0.581. The van der Waals surface area contributed by atoms with Crippen LogP contribution in [0.1, 0.15) is 28.6 Å². The third kappa shape index (κ3) is 2.85. The first-order chi connectivity index (χ1) is 9.43. The molecule has 2 aromatic rings. The van der Waals surface area contributed by atoms with E-state index in [1.54, 1.807) is 23.7 Å². The summed E-state index contributed by atoms with van der Waals surface area (Å²) >= 11 is 6.25. The molecular formula is C14H18ClFN4. The monoisotopic (exact) mass is 296 g/mol. The molecule has 0 radical (unpaired) electrons. The molecule has 0 spiro atoms. The van der Waals surface area contributed by atoms with E-state index in [1.807, 2.05) is 14.0 Å². The van der Waals surface area contributed by atoms with Crippen LogP contribution in [-0.4, -0.2) is 9.78 Å². The van der Waals surface area contributed by atoms with E-state index in [1.165, 1.54) is 6.07 Å². The molecule has 0 amide bonds. The number of aromatic nitrogens is 2. The van der Waals surface area contributed by atoms with Crippen LogP contribution in [0.4, 0.5) is 4.39 Å². The van der Waals surface area contributed by atoms with Crippen molar-refractivity contribution >= 4 is 11.6 Å². The van der Waals surface area contributed by atoms with Crippen LogP contribution >= 0.6 is 11.6 Å². The normalized spacial score (nSPS) is 12.7. The van der Waals surface area contributed by atoms with E-state index < -0.39 is 0 Å². The SMILES string of the molecule is Cc1cc(C(Cc2c(Cl)c(C)nn2C)NN)ccc1F. The van der Waals surface area contributed by atoms with E-state index in [4.69, 9.17) is 17.4 Å². The van der Waals surface area contributed by atoms with Crippen molar-refractivity contribution in [1.82, 2.24) is 15.2 Å². The molecule has 0 aliphatic carbocycles. The third-order valence-corrected chi connectivity index (χ3v) is 3.94. The highest BCUT2D eigenvalue weighted by Gasteiger charge is 2.18. The van der Waals surface area contributed by atoms with Crippen LogP contribution in [0.25, 0.3) is 0 Å². The molecule has 108 valence electrons. The van der Waals surface area contributed by atoms with Crippen LogP contribution in [0.3, 0.4) is 0 Å². The van der Waals surface area contributed by atoms with Crippen molar-refractivity contribution in [3.8, 4) is 0 Å². The molecule has 0 saturated heterocycles. The Kier molecular flexibility index (Phi) is 4.42. The van der Waals surface area contributed by atoms with Gasteiger partial charge in [0.1, 0.15) is 5.82 Å². The standard InChI is InChI=1S/C14H18ClFN4/c1-8-6-10(4-5-11(8)16)12(18-17)7-13-14(15)9(2)19-20(13)3/h4-6,12,18H,7,17H2,1-3H3. The van der Waals surface area contributed by atoms with Crippen molar-refractivity contribution in [2.24, 2.45) is 12.9 Å². The first-order valence-electron chi connectivity index (χ1n) is 6.34. The van der Waals surface area contributed by atoms with Crippen LogP contribution < -0.4 is 11.3 Å². The average Bonchev–Trinajstić information content (AvgIpc) is 2.65. The Balaban J connectivity index is 2.31. The second-order valence-electron chi connectivity index (χ2n) is 4.90. The quantitative estimate of drug-likeness (QED) is 0.673. The van der Waals surface area contributed by atoms with Crippen LogP contribution in [0.15, 0.2) is 18.2 Å². The zero-order chi connectivity index (χ0) is 14.9. The van der Waals surface area contributed by atoms with Gasteiger partial charge in [0, 0.05) is 13.5 Å². The first-order valence-corrected chi connectivity index (χ1v) is 6.72. The van der Waals surface area contributed by atoms with Crippen LogP contribution in [0.5, 0.6) is 0 Å². The fraction of sp³-hybridized carbons (Fsp3) is 0.357. The number of hydrogen-bond donors (Lipinski definition) is 2. The van der Waals surface area contributed by atoms with E-state index in [0.717, 1.165) is 17.0 Å². The summed E-state index contributed by atoms with van der Waals surface area (Å²) in [4.78, 5) is 0. The van der Waals surface area contributed by atoms with Crippen molar-refractivity contribution in [1.29, 1.82) is 0 Å². The molecule has 3 N–H and O–H groups in total. The molecule has 20 heavy (non-hydrogen) atoms. The van der Waals surface area contributed by atoms with Crippen molar-refractivity contribution in [3.63, 3.8) is 0 Å². The minimum Gasteiger partial charge on any atom is -0.271 e. The number of nitrogens with two attached hydrogens (primary N) is 1. The van der Waals surface area contributed by atoms with Gasteiger partial charge < -0.3 is 0 Å². The molecule has 0 fully saturated rings. The smallest absolute Gasteiger partial charge is 0.126 e. The van der Waals surface area contributed by atoms with E-state index in [2.05, 4.69) is 10.5 Å². The van der Waals surface area contributed by atoms with Gasteiger partial charge in [0.05, 0.1) is 22.5 Å². The summed E-state index contributed by atoms with van der Waals surface area (Å²) in [7, 11) is 1.84. The van der Waals surface area contributed by atoms with Crippen molar-refractivity contribution < 1.29 is 4.39 Å². The van der Waals surface area contributed by atoms with Crippen LogP contribution in [0.2, 0.25) is 5.02 Å². The predicted molar refractivity (Wildman–Crippen MR) is 77.9 cm³/mol. The molecule has 2 rings (SSSR count). The third-order valence-electron chi connectivity index (χ3n) is 3.44. The molecule has 6 heteroatoms. The maximum Gasteiger partial charge on any atom is 0.126 e. The average molecular weight is 297 g/mol. The highest BCUT2D eigenvalue weighted by Crippen LogP contribution is 2.26. The lowest BCUT2D eigenvalue weighted by molar-refractivity contribution is 0.527. The molecule has 1 aromatic heterocycles. The lowest BCUT2D eigenvalue weighted by Crippen LogP contribution is -2.30. The molecule has 0 bridgehead atoms. The highest BCUT2D eigenvalue weighted by atomic mass is 35.5. The largest absolute Gasteiger partial charge is 0.271 e. The topological polar surface area (TPSA) is 55.9 Å². The summed E-state index contributed by atoms with van der Waals surface area (Å²) in [5.41, 5.74) is 5.95. The Morgan fingerprint density at radius 3 is 2.65 bits per heavy atom. The number of nitrogens with one attached hydrogen (secondary N) is 1. The molecule has 4 nitrogen and oxygen atoms in total. The van der Waals surface area contributed by atoms with Gasteiger partial charge in [-0.2, -0.15) is 5.10 Å². The Morgan fingerprint density at radius 1 is 1.45 bits per heavy atom. The van der Waals surface area contributed by atoms with Gasteiger partial charge in [-0.15, -0.1) is 0 Å². The summed E-state index contributed by atoms with van der Waals surface area (Å²) in [6.45, 7) is 3.59. The number of hydrazine groups is 1. The van der Waals surface area contributed by atoms with Crippen molar-refractivity contribution in [3.05, 3.63) is 51.6 Å². The van der Waals surface area contributed by atoms with Gasteiger partial charge in [0.2, 0.25) is 0 Å². The van der Waals surface area contributed by atoms with Crippen LogP contribution in [0, 0.1) is 19.7 Å². The fourth-order valence-corrected chi connectivity index (χ4v) is 2.49. The Bertz CT molecular complexity index is 624. The number of halogens is 2. The predicted octanol–water partition coefficient (Wildman–Crippen LogP) is 2.58.